The SMILES string of the molecule is CN(Cc1ccc([N+](=O)[O-])c(NN)c1)Cc1ccc(Cl)s1. The van der Waals surface area contributed by atoms with Crippen molar-refractivity contribution in [3.8, 4) is 0 Å². The van der Waals surface area contributed by atoms with Crippen molar-refractivity contribution < 1.29 is 4.92 Å². The van der Waals surface area contributed by atoms with Crippen LogP contribution in [0.3, 0.4) is 0 Å². The van der Waals surface area contributed by atoms with Crippen LogP contribution in [0.5, 0.6) is 0 Å². The highest BCUT2D eigenvalue weighted by atomic mass is 35.5. The Morgan fingerprint density at radius 2 is 2.14 bits per heavy atom. The second-order valence-corrected chi connectivity index (χ2v) is 6.43. The van der Waals surface area contributed by atoms with E-state index in [1.165, 1.54) is 10.9 Å². The van der Waals surface area contributed by atoms with Crippen molar-refractivity contribution in [2.24, 2.45) is 5.84 Å². The molecule has 3 N–H and O–H groups in total. The second kappa shape index (κ2) is 6.86. The molecule has 0 unspecified atom stereocenters. The minimum absolute atomic E-state index is 0.0334. The molecule has 0 radical (unpaired) electrons. The molecule has 0 saturated carbocycles. The molecule has 0 aliphatic heterocycles. The molecule has 1 aromatic carbocycles. The Balaban J connectivity index is 2.06. The van der Waals surface area contributed by atoms with Crippen molar-refractivity contribution in [2.75, 3.05) is 12.5 Å². The lowest BCUT2D eigenvalue weighted by Crippen LogP contribution is -2.17. The van der Waals surface area contributed by atoms with Crippen LogP contribution in [0.25, 0.3) is 0 Å². The van der Waals surface area contributed by atoms with Crippen LogP contribution in [0.4, 0.5) is 11.4 Å². The number of hydrogen-bond donors (Lipinski definition) is 2. The Labute approximate surface area is 131 Å². The van der Waals surface area contributed by atoms with Crippen LogP contribution in [0.1, 0.15) is 10.4 Å². The van der Waals surface area contributed by atoms with Crippen LogP contribution >= 0.6 is 22.9 Å². The van der Waals surface area contributed by atoms with E-state index in [0.717, 1.165) is 16.4 Å². The van der Waals surface area contributed by atoms with Crippen molar-refractivity contribution in [2.45, 2.75) is 13.1 Å². The van der Waals surface area contributed by atoms with Gasteiger partial charge < -0.3 is 5.43 Å². The maximum Gasteiger partial charge on any atom is 0.293 e. The first-order chi connectivity index (χ1) is 9.99. The number of halogens is 1. The van der Waals surface area contributed by atoms with Crippen LogP contribution in [-0.2, 0) is 13.1 Å². The zero-order chi connectivity index (χ0) is 15.4. The van der Waals surface area contributed by atoms with Gasteiger partial charge in [-0.3, -0.25) is 20.9 Å². The summed E-state index contributed by atoms with van der Waals surface area (Å²) in [6.45, 7) is 1.42. The molecule has 112 valence electrons. The molecule has 0 aliphatic carbocycles. The van der Waals surface area contributed by atoms with Gasteiger partial charge in [-0.15, -0.1) is 11.3 Å². The summed E-state index contributed by atoms with van der Waals surface area (Å²) in [6.07, 6.45) is 0. The summed E-state index contributed by atoms with van der Waals surface area (Å²) in [5, 5.41) is 10.8. The van der Waals surface area contributed by atoms with E-state index in [2.05, 4.69) is 10.3 Å². The van der Waals surface area contributed by atoms with Gasteiger partial charge in [0, 0.05) is 24.0 Å². The summed E-state index contributed by atoms with van der Waals surface area (Å²) >= 11 is 7.45. The van der Waals surface area contributed by atoms with Gasteiger partial charge in [-0.05, 0) is 30.8 Å². The molecule has 21 heavy (non-hydrogen) atoms. The predicted octanol–water partition coefficient (Wildman–Crippen LogP) is 3.23. The molecule has 0 fully saturated rings. The van der Waals surface area contributed by atoms with Crippen LogP contribution in [0.2, 0.25) is 4.34 Å². The van der Waals surface area contributed by atoms with Crippen molar-refractivity contribution >= 4 is 34.3 Å². The third kappa shape index (κ3) is 4.15. The Bertz CT molecular complexity index is 647. The molecule has 0 aliphatic rings. The molecule has 0 saturated heterocycles. The first kappa shape index (κ1) is 15.7. The van der Waals surface area contributed by atoms with E-state index in [1.807, 2.05) is 19.2 Å². The van der Waals surface area contributed by atoms with Crippen molar-refractivity contribution in [3.05, 3.63) is 55.2 Å². The van der Waals surface area contributed by atoms with Crippen molar-refractivity contribution in [3.63, 3.8) is 0 Å². The Morgan fingerprint density at radius 3 is 2.71 bits per heavy atom. The average molecular weight is 327 g/mol. The lowest BCUT2D eigenvalue weighted by atomic mass is 10.1. The number of hydrogen-bond acceptors (Lipinski definition) is 6. The molecule has 0 spiro atoms. The minimum atomic E-state index is -0.462. The first-order valence-corrected chi connectivity index (χ1v) is 7.35. The molecule has 0 atom stereocenters. The summed E-state index contributed by atoms with van der Waals surface area (Å²) in [7, 11) is 1.98. The monoisotopic (exact) mass is 326 g/mol. The maximum absolute atomic E-state index is 10.8. The molecule has 0 amide bonds. The largest absolute Gasteiger partial charge is 0.318 e. The van der Waals surface area contributed by atoms with Crippen LogP contribution in [0, 0.1) is 10.1 Å². The number of nitrogen functional groups attached to an aromatic ring is 1. The lowest BCUT2D eigenvalue weighted by molar-refractivity contribution is -0.384. The minimum Gasteiger partial charge on any atom is -0.318 e. The highest BCUT2D eigenvalue weighted by Gasteiger charge is 2.14. The number of rotatable bonds is 6. The summed E-state index contributed by atoms with van der Waals surface area (Å²) in [5.41, 5.74) is 3.59. The highest BCUT2D eigenvalue weighted by molar-refractivity contribution is 7.16. The van der Waals surface area contributed by atoms with Gasteiger partial charge in [0.1, 0.15) is 5.69 Å². The maximum atomic E-state index is 10.8. The third-order valence-electron chi connectivity index (χ3n) is 2.92. The summed E-state index contributed by atoms with van der Waals surface area (Å²) in [5.74, 6) is 5.33. The number of nitro benzene ring substituents is 1. The van der Waals surface area contributed by atoms with Crippen molar-refractivity contribution in [1.82, 2.24) is 4.90 Å². The zero-order valence-electron chi connectivity index (χ0n) is 11.4. The molecule has 1 aromatic heterocycles. The molecule has 0 bridgehead atoms. The van der Waals surface area contributed by atoms with Crippen molar-refractivity contribution in [1.29, 1.82) is 0 Å². The van der Waals surface area contributed by atoms with E-state index in [4.69, 9.17) is 17.4 Å². The van der Waals surface area contributed by atoms with Gasteiger partial charge in [0.2, 0.25) is 0 Å². The number of hydrazine groups is 1. The summed E-state index contributed by atoms with van der Waals surface area (Å²) in [6, 6.07) is 8.75. The van der Waals surface area contributed by atoms with Crippen LogP contribution < -0.4 is 11.3 Å². The molecule has 6 nitrogen and oxygen atoms in total. The van der Waals surface area contributed by atoms with E-state index in [-0.39, 0.29) is 5.69 Å². The van der Waals surface area contributed by atoms with E-state index >= 15 is 0 Å². The Hall–Kier alpha value is -1.67. The van der Waals surface area contributed by atoms with E-state index < -0.39 is 4.92 Å². The smallest absolute Gasteiger partial charge is 0.293 e. The lowest BCUT2D eigenvalue weighted by Gasteiger charge is -2.16. The fraction of sp³-hybridized carbons (Fsp3) is 0.231. The molecule has 8 heteroatoms. The molecule has 2 rings (SSSR count). The number of anilines is 1. The number of nitro groups is 1. The molecular weight excluding hydrogens is 312 g/mol. The van der Waals surface area contributed by atoms with Crippen LogP contribution in [-0.4, -0.2) is 16.9 Å². The van der Waals surface area contributed by atoms with Gasteiger partial charge >= 0.3 is 0 Å². The summed E-state index contributed by atoms with van der Waals surface area (Å²) < 4.78 is 0.767. The van der Waals surface area contributed by atoms with Crippen LogP contribution in [0.15, 0.2) is 30.3 Å². The van der Waals surface area contributed by atoms with Gasteiger partial charge in [-0.1, -0.05) is 17.7 Å². The number of thiophene rings is 1. The van der Waals surface area contributed by atoms with Gasteiger partial charge in [0.05, 0.1) is 9.26 Å². The van der Waals surface area contributed by atoms with Gasteiger partial charge in [0.15, 0.2) is 0 Å². The standard InChI is InChI=1S/C13H15ClN4O2S/c1-17(8-10-3-5-13(14)21-10)7-9-2-4-12(18(19)20)11(6-9)16-15/h2-6,16H,7-8,15H2,1H3. The topological polar surface area (TPSA) is 84.4 Å². The van der Waals surface area contributed by atoms with Gasteiger partial charge in [-0.25, -0.2) is 0 Å². The normalized spacial score (nSPS) is 10.9. The molecular formula is C13H15ClN4O2S. The van der Waals surface area contributed by atoms with Gasteiger partial charge in [0.25, 0.3) is 5.69 Å². The highest BCUT2D eigenvalue weighted by Crippen LogP contribution is 2.26. The average Bonchev–Trinajstić information content (AvgIpc) is 2.83. The summed E-state index contributed by atoms with van der Waals surface area (Å²) in [4.78, 5) is 13.7. The van der Waals surface area contributed by atoms with E-state index in [1.54, 1.807) is 23.5 Å². The number of nitrogens with two attached hydrogens (primary N) is 1. The first-order valence-electron chi connectivity index (χ1n) is 6.16. The molecule has 1 heterocycles. The zero-order valence-corrected chi connectivity index (χ0v) is 12.9. The second-order valence-electron chi connectivity index (χ2n) is 4.63. The Kier molecular flexibility index (Phi) is 5.13. The van der Waals surface area contributed by atoms with E-state index in [9.17, 15) is 10.1 Å². The van der Waals surface area contributed by atoms with E-state index in [0.29, 0.717) is 12.2 Å². The third-order valence-corrected chi connectivity index (χ3v) is 4.14. The number of nitrogens with one attached hydrogen (secondary N) is 1. The fourth-order valence-electron chi connectivity index (χ4n) is 2.03. The van der Waals surface area contributed by atoms with Gasteiger partial charge in [-0.2, -0.15) is 0 Å². The predicted molar refractivity (Wildman–Crippen MR) is 85.4 cm³/mol. The number of benzene rings is 1. The number of nitrogens with zero attached hydrogens (tertiary/aromatic N) is 2. The Morgan fingerprint density at radius 1 is 1.38 bits per heavy atom. The molecule has 2 aromatic rings. The fourth-order valence-corrected chi connectivity index (χ4v) is 3.19. The quantitative estimate of drug-likeness (QED) is 0.483.